The van der Waals surface area contributed by atoms with E-state index in [9.17, 15) is 13.2 Å². The highest BCUT2D eigenvalue weighted by Crippen LogP contribution is 2.24. The maximum atomic E-state index is 12.8. The molecule has 0 saturated carbocycles. The molecule has 0 aliphatic carbocycles. The van der Waals surface area contributed by atoms with Crippen molar-refractivity contribution in [1.29, 1.82) is 0 Å². The number of rotatable bonds is 10. The van der Waals surface area contributed by atoms with E-state index in [2.05, 4.69) is 20.5 Å². The quantitative estimate of drug-likeness (QED) is 0.443. The van der Waals surface area contributed by atoms with E-state index in [0.717, 1.165) is 29.7 Å². The Labute approximate surface area is 192 Å². The van der Waals surface area contributed by atoms with Crippen LogP contribution in [0.15, 0.2) is 64.5 Å². The zero-order valence-corrected chi connectivity index (χ0v) is 19.6. The van der Waals surface area contributed by atoms with Crippen LogP contribution in [0.2, 0.25) is 0 Å². The molecule has 0 fully saturated rings. The van der Waals surface area contributed by atoms with Crippen LogP contribution in [0.3, 0.4) is 0 Å². The lowest BCUT2D eigenvalue weighted by molar-refractivity contribution is 0.102. The van der Waals surface area contributed by atoms with Crippen molar-refractivity contribution >= 4 is 43.7 Å². The second-order valence-electron chi connectivity index (χ2n) is 6.94. The van der Waals surface area contributed by atoms with Gasteiger partial charge in [-0.05, 0) is 42.7 Å². The van der Waals surface area contributed by atoms with Crippen molar-refractivity contribution in [2.45, 2.75) is 31.6 Å². The van der Waals surface area contributed by atoms with Crippen LogP contribution in [-0.2, 0) is 10.0 Å². The molecule has 0 spiro atoms. The summed E-state index contributed by atoms with van der Waals surface area (Å²) in [4.78, 5) is 17.0. The first-order valence-corrected chi connectivity index (χ1v) is 12.5. The molecule has 2 aromatic carbocycles. The van der Waals surface area contributed by atoms with E-state index in [4.69, 9.17) is 0 Å². The number of aliphatic imine (C=N–C) groups is 1. The molecule has 3 aromatic rings. The molecule has 0 aliphatic heterocycles. The van der Waals surface area contributed by atoms with Gasteiger partial charge in [-0.25, -0.2) is 13.4 Å². The van der Waals surface area contributed by atoms with Crippen LogP contribution in [0.5, 0.6) is 0 Å². The monoisotopic (exact) mass is 471 g/mol. The summed E-state index contributed by atoms with van der Waals surface area (Å²) < 4.78 is 27.2. The van der Waals surface area contributed by atoms with Gasteiger partial charge in [-0.3, -0.25) is 10.1 Å². The molecule has 10 heteroatoms. The van der Waals surface area contributed by atoms with Crippen LogP contribution in [0.4, 0.5) is 10.3 Å². The molecule has 1 aromatic heterocycles. The van der Waals surface area contributed by atoms with Gasteiger partial charge in [0.1, 0.15) is 0 Å². The Morgan fingerprint density at radius 3 is 2.31 bits per heavy atom. The van der Waals surface area contributed by atoms with Crippen molar-refractivity contribution in [2.24, 2.45) is 4.99 Å². The lowest BCUT2D eigenvalue weighted by atomic mass is 10.2. The highest BCUT2D eigenvalue weighted by molar-refractivity contribution is 7.89. The van der Waals surface area contributed by atoms with Gasteiger partial charge in [0.15, 0.2) is 0 Å². The molecule has 1 N–H and O–H groups in total. The SMILES string of the molecule is CCCN(CCC)S(=O)(=O)c1ccc(C(=O)Nc2nnc(N=Cc3ccccc3)s2)cc1. The van der Waals surface area contributed by atoms with Gasteiger partial charge in [-0.15, -0.1) is 10.2 Å². The number of nitrogens with one attached hydrogen (secondary N) is 1. The predicted molar refractivity (Wildman–Crippen MR) is 127 cm³/mol. The Morgan fingerprint density at radius 1 is 1.03 bits per heavy atom. The average Bonchev–Trinajstić information content (AvgIpc) is 3.25. The van der Waals surface area contributed by atoms with Crippen LogP contribution >= 0.6 is 11.3 Å². The summed E-state index contributed by atoms with van der Waals surface area (Å²) in [6.45, 7) is 4.81. The van der Waals surface area contributed by atoms with Crippen LogP contribution in [-0.4, -0.2) is 48.1 Å². The van der Waals surface area contributed by atoms with Gasteiger partial charge in [0.25, 0.3) is 5.91 Å². The molecular formula is C22H25N5O3S2. The zero-order chi connectivity index (χ0) is 23.0. The number of carbonyl (C=O) groups excluding carboxylic acids is 1. The second kappa shape index (κ2) is 11.1. The maximum absolute atomic E-state index is 12.8. The van der Waals surface area contributed by atoms with Gasteiger partial charge in [-0.2, -0.15) is 4.31 Å². The molecule has 168 valence electrons. The smallest absolute Gasteiger partial charge is 0.257 e. The van der Waals surface area contributed by atoms with E-state index in [1.54, 1.807) is 6.21 Å². The zero-order valence-electron chi connectivity index (χ0n) is 17.9. The lowest BCUT2D eigenvalue weighted by Crippen LogP contribution is -2.32. The van der Waals surface area contributed by atoms with E-state index >= 15 is 0 Å². The number of aromatic nitrogens is 2. The molecule has 0 unspecified atom stereocenters. The van der Waals surface area contributed by atoms with Crippen molar-refractivity contribution in [3.8, 4) is 0 Å². The fraction of sp³-hybridized carbons (Fsp3) is 0.273. The molecule has 0 atom stereocenters. The van der Waals surface area contributed by atoms with Gasteiger partial charge in [-0.1, -0.05) is 55.5 Å². The molecule has 1 amide bonds. The Kier molecular flexibility index (Phi) is 8.20. The third kappa shape index (κ3) is 6.06. The number of anilines is 1. The highest BCUT2D eigenvalue weighted by Gasteiger charge is 2.23. The molecule has 0 aliphatic rings. The third-order valence-electron chi connectivity index (χ3n) is 4.46. The Bertz CT molecular complexity index is 1150. The minimum atomic E-state index is -3.59. The Morgan fingerprint density at radius 2 is 1.69 bits per heavy atom. The molecular weight excluding hydrogens is 446 g/mol. The predicted octanol–water partition coefficient (Wildman–Crippen LogP) is 4.35. The van der Waals surface area contributed by atoms with E-state index in [0.29, 0.717) is 28.9 Å². The van der Waals surface area contributed by atoms with Gasteiger partial charge in [0.05, 0.1) is 4.90 Å². The lowest BCUT2D eigenvalue weighted by Gasteiger charge is -2.21. The van der Waals surface area contributed by atoms with Crippen LogP contribution < -0.4 is 5.32 Å². The number of nitrogens with zero attached hydrogens (tertiary/aromatic N) is 4. The summed E-state index contributed by atoms with van der Waals surface area (Å²) >= 11 is 1.14. The van der Waals surface area contributed by atoms with Crippen molar-refractivity contribution in [3.05, 3.63) is 65.7 Å². The fourth-order valence-corrected chi connectivity index (χ4v) is 5.14. The Hall–Kier alpha value is -2.95. The van der Waals surface area contributed by atoms with Crippen molar-refractivity contribution in [3.63, 3.8) is 0 Å². The first kappa shape index (κ1) is 23.7. The number of amides is 1. The fourth-order valence-electron chi connectivity index (χ4n) is 2.93. The highest BCUT2D eigenvalue weighted by atomic mass is 32.2. The first-order chi connectivity index (χ1) is 15.4. The van der Waals surface area contributed by atoms with E-state index in [1.165, 1.54) is 28.6 Å². The minimum Gasteiger partial charge on any atom is -0.296 e. The molecule has 0 saturated heterocycles. The van der Waals surface area contributed by atoms with Crippen LogP contribution in [0.1, 0.15) is 42.6 Å². The minimum absolute atomic E-state index is 0.171. The van der Waals surface area contributed by atoms with Gasteiger partial charge in [0.2, 0.25) is 20.3 Å². The molecule has 3 rings (SSSR count). The average molecular weight is 472 g/mol. The summed E-state index contributed by atoms with van der Waals surface area (Å²) in [6.07, 6.45) is 3.14. The molecule has 8 nitrogen and oxygen atoms in total. The third-order valence-corrected chi connectivity index (χ3v) is 7.12. The first-order valence-electron chi connectivity index (χ1n) is 10.3. The number of sulfonamides is 1. The van der Waals surface area contributed by atoms with E-state index in [-0.39, 0.29) is 4.90 Å². The second-order valence-corrected chi connectivity index (χ2v) is 9.84. The number of carbonyl (C=O) groups is 1. The number of benzene rings is 2. The van der Waals surface area contributed by atoms with E-state index < -0.39 is 15.9 Å². The number of hydrogen-bond donors (Lipinski definition) is 1. The topological polar surface area (TPSA) is 105 Å². The van der Waals surface area contributed by atoms with Crippen molar-refractivity contribution in [1.82, 2.24) is 14.5 Å². The summed E-state index contributed by atoms with van der Waals surface area (Å²) in [7, 11) is -3.59. The Balaban J connectivity index is 1.66. The summed E-state index contributed by atoms with van der Waals surface area (Å²) in [6, 6.07) is 15.5. The molecule has 0 bridgehead atoms. The van der Waals surface area contributed by atoms with Gasteiger partial charge < -0.3 is 0 Å². The van der Waals surface area contributed by atoms with E-state index in [1.807, 2.05) is 44.2 Å². The van der Waals surface area contributed by atoms with Crippen LogP contribution in [0.25, 0.3) is 0 Å². The summed E-state index contributed by atoms with van der Waals surface area (Å²) in [5.41, 5.74) is 1.26. The number of hydrogen-bond acceptors (Lipinski definition) is 7. The largest absolute Gasteiger partial charge is 0.296 e. The van der Waals surface area contributed by atoms with Crippen LogP contribution in [0, 0.1) is 0 Å². The van der Waals surface area contributed by atoms with Crippen molar-refractivity contribution in [2.75, 3.05) is 18.4 Å². The van der Waals surface area contributed by atoms with Crippen molar-refractivity contribution < 1.29 is 13.2 Å². The van der Waals surface area contributed by atoms with Gasteiger partial charge >= 0.3 is 0 Å². The maximum Gasteiger partial charge on any atom is 0.257 e. The van der Waals surface area contributed by atoms with Gasteiger partial charge in [0, 0.05) is 24.9 Å². The molecule has 0 radical (unpaired) electrons. The molecule has 1 heterocycles. The summed E-state index contributed by atoms with van der Waals surface area (Å²) in [5.74, 6) is -0.400. The standard InChI is InChI=1S/C22H25N5O3S2/c1-3-14-27(15-4-2)32(29,30)19-12-10-18(11-13-19)20(28)24-22-26-25-21(31-22)23-16-17-8-6-5-7-9-17/h5-13,16H,3-4,14-15H2,1-2H3,(H,24,26,28). The molecule has 32 heavy (non-hydrogen) atoms. The summed E-state index contributed by atoms with van der Waals surface area (Å²) in [5, 5.41) is 11.3. The normalized spacial score (nSPS) is 11.8.